The van der Waals surface area contributed by atoms with E-state index in [1.807, 2.05) is 0 Å². The monoisotopic (exact) mass is 660 g/mol. The van der Waals surface area contributed by atoms with Gasteiger partial charge in [0.15, 0.2) is 0 Å². The first-order valence-corrected chi connectivity index (χ1v) is 17.8. The van der Waals surface area contributed by atoms with Crippen molar-refractivity contribution in [1.82, 2.24) is 0 Å². The zero-order chi connectivity index (χ0) is 33.9. The molecule has 0 bridgehead atoms. The maximum absolute atomic E-state index is 6.68. The molecule has 2 nitrogen and oxygen atoms in total. The third-order valence-electron chi connectivity index (χ3n) is 11.1. The molecule has 0 saturated heterocycles. The van der Waals surface area contributed by atoms with E-state index in [0.717, 1.165) is 55.4 Å². The third kappa shape index (κ3) is 4.06. The van der Waals surface area contributed by atoms with Crippen LogP contribution >= 0.6 is 0 Å². The molecule has 0 radical (unpaired) electrons. The molecule has 2 heteroatoms. The van der Waals surface area contributed by atoms with Gasteiger partial charge < -0.3 is 8.83 Å². The topological polar surface area (TPSA) is 26.3 Å². The van der Waals surface area contributed by atoms with E-state index in [0.29, 0.717) is 0 Å². The maximum Gasteiger partial charge on any atom is 0.142 e. The lowest BCUT2D eigenvalue weighted by Gasteiger charge is -2.08. The van der Waals surface area contributed by atoms with E-state index in [4.69, 9.17) is 8.83 Å². The highest BCUT2D eigenvalue weighted by molar-refractivity contribution is 6.24. The average Bonchev–Trinajstić information content (AvgIpc) is 3.84. The van der Waals surface area contributed by atoms with Gasteiger partial charge in [0.2, 0.25) is 0 Å². The Bertz CT molecular complexity index is 3240. The highest BCUT2D eigenvalue weighted by atomic mass is 16.3. The normalized spacial score (nSPS) is 12.2. The number of hydrogen-bond acceptors (Lipinski definition) is 2. The minimum Gasteiger partial charge on any atom is -0.455 e. The van der Waals surface area contributed by atoms with Crippen LogP contribution in [0.3, 0.4) is 0 Å². The molecule has 0 N–H and O–H groups in total. The van der Waals surface area contributed by atoms with Crippen molar-refractivity contribution in [2.24, 2.45) is 0 Å². The second kappa shape index (κ2) is 10.3. The first-order valence-electron chi connectivity index (χ1n) is 17.8. The number of rotatable bonds is 2. The first kappa shape index (κ1) is 27.9. The summed E-state index contributed by atoms with van der Waals surface area (Å²) in [6, 6.07) is 61.5. The number of benzene rings is 10. The molecule has 10 aromatic carbocycles. The summed E-state index contributed by atoms with van der Waals surface area (Å²) in [6.45, 7) is 0. The van der Waals surface area contributed by atoms with Crippen molar-refractivity contribution >= 4 is 97.3 Å². The van der Waals surface area contributed by atoms with Gasteiger partial charge in [0, 0.05) is 32.7 Å². The van der Waals surface area contributed by atoms with Gasteiger partial charge in [-0.3, -0.25) is 0 Å². The fourth-order valence-corrected chi connectivity index (χ4v) is 8.50. The molecule has 12 aromatic rings. The summed E-state index contributed by atoms with van der Waals surface area (Å²) in [5.41, 5.74) is 4.00. The summed E-state index contributed by atoms with van der Waals surface area (Å²) in [5.74, 6) is 1.76. The van der Waals surface area contributed by atoms with E-state index >= 15 is 0 Å². The van der Waals surface area contributed by atoms with Crippen LogP contribution in [-0.4, -0.2) is 0 Å². The fourth-order valence-electron chi connectivity index (χ4n) is 8.50. The van der Waals surface area contributed by atoms with Gasteiger partial charge >= 0.3 is 0 Å². The molecule has 0 aliphatic carbocycles. The highest BCUT2D eigenvalue weighted by Gasteiger charge is 2.16. The SMILES string of the molecule is c1ccc2cc3cc(-c4cc5ccc6c7ccc8c(ccc9cc(-c%10ccc%11cc%12ccccc%12cc%11c%10)oc98)c7ccc6c5o4)ccc3cc2c1. The molecule has 0 atom stereocenters. The van der Waals surface area contributed by atoms with E-state index in [1.165, 1.54) is 64.6 Å². The van der Waals surface area contributed by atoms with Gasteiger partial charge in [0.1, 0.15) is 22.7 Å². The molecule has 0 saturated carbocycles. The van der Waals surface area contributed by atoms with Crippen LogP contribution < -0.4 is 0 Å². The lowest BCUT2D eigenvalue weighted by Crippen LogP contribution is -1.82. The van der Waals surface area contributed by atoms with Crippen LogP contribution in [0.4, 0.5) is 0 Å². The minimum absolute atomic E-state index is 0.881. The summed E-state index contributed by atoms with van der Waals surface area (Å²) < 4.78 is 13.4. The zero-order valence-corrected chi connectivity index (χ0v) is 28.0. The molecule has 0 aliphatic heterocycles. The van der Waals surface area contributed by atoms with Gasteiger partial charge in [-0.25, -0.2) is 0 Å². The second-order valence-electron chi connectivity index (χ2n) is 14.1. The number of hydrogen-bond donors (Lipinski definition) is 0. The lowest BCUT2D eigenvalue weighted by molar-refractivity contribution is 0.634. The molecule has 0 amide bonds. The molecule has 0 aliphatic rings. The van der Waals surface area contributed by atoms with E-state index in [-0.39, 0.29) is 0 Å². The van der Waals surface area contributed by atoms with Crippen LogP contribution in [0.15, 0.2) is 179 Å². The van der Waals surface area contributed by atoms with E-state index in [2.05, 4.69) is 170 Å². The Kier molecular flexibility index (Phi) is 5.53. The Morgan fingerprint density at radius 2 is 0.558 bits per heavy atom. The molecule has 12 rings (SSSR count). The zero-order valence-electron chi connectivity index (χ0n) is 28.0. The van der Waals surface area contributed by atoms with Crippen LogP contribution in [-0.2, 0) is 0 Å². The van der Waals surface area contributed by atoms with Gasteiger partial charge in [-0.2, -0.15) is 0 Å². The number of furan rings is 2. The largest absolute Gasteiger partial charge is 0.455 e. The quantitative estimate of drug-likeness (QED) is 0.136. The Balaban J connectivity index is 0.964. The molecule has 2 heterocycles. The Morgan fingerprint density at radius 1 is 0.231 bits per heavy atom. The lowest BCUT2D eigenvalue weighted by atomic mass is 9.95. The Morgan fingerprint density at radius 3 is 1.00 bits per heavy atom. The summed E-state index contributed by atoms with van der Waals surface area (Å²) in [4.78, 5) is 0. The molecule has 52 heavy (non-hydrogen) atoms. The first-order chi connectivity index (χ1) is 25.7. The van der Waals surface area contributed by atoms with Gasteiger partial charge in [0.25, 0.3) is 0 Å². The molecule has 0 spiro atoms. The van der Waals surface area contributed by atoms with Crippen molar-refractivity contribution in [3.8, 4) is 22.6 Å². The predicted octanol–water partition coefficient (Wildman–Crippen LogP) is 14.6. The van der Waals surface area contributed by atoms with Gasteiger partial charge in [-0.05, 0) is 125 Å². The van der Waals surface area contributed by atoms with Crippen LogP contribution in [0.25, 0.3) is 120 Å². The molecular weight excluding hydrogens is 633 g/mol. The summed E-state index contributed by atoms with van der Waals surface area (Å²) in [7, 11) is 0. The molecular formula is C50H28O2. The Hall–Kier alpha value is -6.90. The summed E-state index contributed by atoms with van der Waals surface area (Å²) in [6.07, 6.45) is 0. The van der Waals surface area contributed by atoms with Gasteiger partial charge in [-0.15, -0.1) is 0 Å². The van der Waals surface area contributed by atoms with Crippen LogP contribution in [0.2, 0.25) is 0 Å². The molecule has 240 valence electrons. The fraction of sp³-hybridized carbons (Fsp3) is 0. The van der Waals surface area contributed by atoms with Crippen molar-refractivity contribution in [1.29, 1.82) is 0 Å². The predicted molar refractivity (Wildman–Crippen MR) is 219 cm³/mol. The summed E-state index contributed by atoms with van der Waals surface area (Å²) >= 11 is 0. The van der Waals surface area contributed by atoms with E-state index < -0.39 is 0 Å². The van der Waals surface area contributed by atoms with Crippen LogP contribution in [0.1, 0.15) is 0 Å². The maximum atomic E-state index is 6.68. The highest BCUT2D eigenvalue weighted by Crippen LogP contribution is 2.41. The standard InChI is InChI=1S/C50H28O2/c1-3-7-31-23-39-25-35(11-9-33(39)21-29(31)5-1)47-27-37-13-15-43-41-18-20-46-44(42(41)17-19-45(43)49(37)51-47)16-14-38-28-48(52-50(38)46)36-12-10-34-22-30-6-2-4-8-32(30)24-40(34)26-36/h1-28H. The van der Waals surface area contributed by atoms with Crippen LogP contribution in [0, 0.1) is 0 Å². The minimum atomic E-state index is 0.881. The van der Waals surface area contributed by atoms with Crippen molar-refractivity contribution < 1.29 is 8.83 Å². The summed E-state index contributed by atoms with van der Waals surface area (Å²) in [5, 5.41) is 19.1. The molecule has 2 aromatic heterocycles. The van der Waals surface area contributed by atoms with E-state index in [9.17, 15) is 0 Å². The second-order valence-corrected chi connectivity index (χ2v) is 14.1. The average molecular weight is 661 g/mol. The van der Waals surface area contributed by atoms with Crippen molar-refractivity contribution in [2.45, 2.75) is 0 Å². The van der Waals surface area contributed by atoms with Crippen molar-refractivity contribution in [2.75, 3.05) is 0 Å². The van der Waals surface area contributed by atoms with Crippen molar-refractivity contribution in [3.05, 3.63) is 170 Å². The van der Waals surface area contributed by atoms with Gasteiger partial charge in [0.05, 0.1) is 0 Å². The van der Waals surface area contributed by atoms with Crippen LogP contribution in [0.5, 0.6) is 0 Å². The van der Waals surface area contributed by atoms with Crippen molar-refractivity contribution in [3.63, 3.8) is 0 Å². The van der Waals surface area contributed by atoms with E-state index in [1.54, 1.807) is 0 Å². The Labute approximate surface area is 297 Å². The molecule has 0 fully saturated rings. The third-order valence-corrected chi connectivity index (χ3v) is 11.1. The number of fused-ring (bicyclic) bond motifs is 13. The smallest absolute Gasteiger partial charge is 0.142 e. The van der Waals surface area contributed by atoms with Gasteiger partial charge in [-0.1, -0.05) is 109 Å². The molecule has 0 unspecified atom stereocenters.